The number of nitrogens with one attached hydrogen (secondary N) is 1. The van der Waals surface area contributed by atoms with E-state index in [1.807, 2.05) is 47.4 Å². The molecule has 1 N–H and O–H groups in total. The average Bonchev–Trinajstić information content (AvgIpc) is 3.09. The van der Waals surface area contributed by atoms with Crippen LogP contribution in [0, 0.1) is 0 Å². The van der Waals surface area contributed by atoms with Gasteiger partial charge in [0, 0.05) is 24.3 Å². The van der Waals surface area contributed by atoms with E-state index in [-0.39, 0.29) is 24.2 Å². The molecule has 4 heteroatoms. The fourth-order valence-corrected chi connectivity index (χ4v) is 3.36. The SMILES string of the molecule is O=C1Nc2ccccc2C1CC(=O)N1CCc2ccccc21. The molecular weight excluding hydrogens is 276 g/mol. The Morgan fingerprint density at radius 2 is 1.91 bits per heavy atom. The smallest absolute Gasteiger partial charge is 0.232 e. The molecule has 0 bridgehead atoms. The Balaban J connectivity index is 1.58. The third-order valence-electron chi connectivity index (χ3n) is 4.48. The van der Waals surface area contributed by atoms with Crippen LogP contribution in [0.4, 0.5) is 11.4 Å². The molecule has 4 nitrogen and oxygen atoms in total. The van der Waals surface area contributed by atoms with Crippen molar-refractivity contribution in [3.63, 3.8) is 0 Å². The number of carbonyl (C=O) groups is 2. The van der Waals surface area contributed by atoms with Crippen LogP contribution in [0.15, 0.2) is 48.5 Å². The molecule has 1 unspecified atom stereocenters. The lowest BCUT2D eigenvalue weighted by molar-refractivity contribution is -0.123. The highest BCUT2D eigenvalue weighted by Gasteiger charge is 2.34. The Kier molecular flexibility index (Phi) is 2.96. The van der Waals surface area contributed by atoms with Crippen molar-refractivity contribution in [3.05, 3.63) is 59.7 Å². The molecule has 110 valence electrons. The number of nitrogens with zero attached hydrogens (tertiary/aromatic N) is 1. The van der Waals surface area contributed by atoms with Crippen molar-refractivity contribution in [1.82, 2.24) is 0 Å². The van der Waals surface area contributed by atoms with Crippen LogP contribution < -0.4 is 10.2 Å². The monoisotopic (exact) mass is 292 g/mol. The molecular formula is C18H16N2O2. The number of hydrogen-bond acceptors (Lipinski definition) is 2. The third kappa shape index (κ3) is 1.99. The summed E-state index contributed by atoms with van der Waals surface area (Å²) in [6.07, 6.45) is 1.10. The van der Waals surface area contributed by atoms with E-state index in [2.05, 4.69) is 11.4 Å². The first-order chi connectivity index (χ1) is 10.7. The molecule has 2 amide bonds. The summed E-state index contributed by atoms with van der Waals surface area (Å²) in [5.74, 6) is -0.444. The fraction of sp³-hybridized carbons (Fsp3) is 0.222. The Hall–Kier alpha value is -2.62. The predicted molar refractivity (Wildman–Crippen MR) is 84.9 cm³/mol. The maximum absolute atomic E-state index is 12.7. The van der Waals surface area contributed by atoms with Crippen molar-refractivity contribution in [2.75, 3.05) is 16.8 Å². The average molecular weight is 292 g/mol. The van der Waals surface area contributed by atoms with Gasteiger partial charge in [0.15, 0.2) is 0 Å². The zero-order valence-corrected chi connectivity index (χ0v) is 12.1. The second-order valence-corrected chi connectivity index (χ2v) is 5.76. The summed E-state index contributed by atoms with van der Waals surface area (Å²) in [6, 6.07) is 15.6. The number of anilines is 2. The standard InChI is InChI=1S/C18H16N2O2/c21-17(20-10-9-12-5-1-4-8-16(12)20)11-14-13-6-2-3-7-15(13)19-18(14)22/h1-8,14H,9-11H2,(H,19,22). The van der Waals surface area contributed by atoms with Crippen LogP contribution in [0.25, 0.3) is 0 Å². The van der Waals surface area contributed by atoms with E-state index in [9.17, 15) is 9.59 Å². The summed E-state index contributed by atoms with van der Waals surface area (Å²) in [6.45, 7) is 0.703. The maximum Gasteiger partial charge on any atom is 0.232 e. The van der Waals surface area contributed by atoms with E-state index >= 15 is 0 Å². The molecule has 2 heterocycles. The Bertz CT molecular complexity index is 769. The molecule has 0 aromatic heterocycles. The normalized spacial score (nSPS) is 18.8. The predicted octanol–water partition coefficient (Wildman–Crippen LogP) is 2.70. The number of amides is 2. The molecule has 0 saturated heterocycles. The second-order valence-electron chi connectivity index (χ2n) is 5.76. The van der Waals surface area contributed by atoms with Crippen LogP contribution in [0.5, 0.6) is 0 Å². The lowest BCUT2D eigenvalue weighted by atomic mass is 9.96. The van der Waals surface area contributed by atoms with Crippen molar-refractivity contribution in [1.29, 1.82) is 0 Å². The zero-order chi connectivity index (χ0) is 15.1. The zero-order valence-electron chi connectivity index (χ0n) is 12.1. The van der Waals surface area contributed by atoms with Gasteiger partial charge in [0.05, 0.1) is 5.92 Å². The highest BCUT2D eigenvalue weighted by molar-refractivity contribution is 6.07. The quantitative estimate of drug-likeness (QED) is 0.925. The molecule has 2 aliphatic heterocycles. The van der Waals surface area contributed by atoms with Gasteiger partial charge in [-0.15, -0.1) is 0 Å². The van der Waals surface area contributed by atoms with Gasteiger partial charge in [0.2, 0.25) is 11.8 Å². The van der Waals surface area contributed by atoms with Crippen molar-refractivity contribution >= 4 is 23.2 Å². The molecule has 4 rings (SSSR count). The minimum atomic E-state index is -0.378. The lowest BCUT2D eigenvalue weighted by Crippen LogP contribution is -2.31. The summed E-state index contributed by atoms with van der Waals surface area (Å²) < 4.78 is 0. The summed E-state index contributed by atoms with van der Waals surface area (Å²) in [5.41, 5.74) is 3.94. The summed E-state index contributed by atoms with van der Waals surface area (Å²) in [7, 11) is 0. The number of para-hydroxylation sites is 2. The van der Waals surface area contributed by atoms with E-state index in [0.29, 0.717) is 6.54 Å². The van der Waals surface area contributed by atoms with Gasteiger partial charge in [-0.3, -0.25) is 9.59 Å². The molecule has 2 aromatic carbocycles. The molecule has 2 aromatic rings. The summed E-state index contributed by atoms with van der Waals surface area (Å²) in [4.78, 5) is 26.6. The van der Waals surface area contributed by atoms with Crippen LogP contribution >= 0.6 is 0 Å². The number of benzene rings is 2. The molecule has 22 heavy (non-hydrogen) atoms. The third-order valence-corrected chi connectivity index (χ3v) is 4.48. The van der Waals surface area contributed by atoms with Gasteiger partial charge in [-0.1, -0.05) is 36.4 Å². The van der Waals surface area contributed by atoms with E-state index in [1.54, 1.807) is 0 Å². The first-order valence-corrected chi connectivity index (χ1v) is 7.52. The number of hydrogen-bond donors (Lipinski definition) is 1. The van der Waals surface area contributed by atoms with Gasteiger partial charge in [-0.05, 0) is 29.7 Å². The van der Waals surface area contributed by atoms with E-state index in [4.69, 9.17) is 0 Å². The molecule has 1 atom stereocenters. The van der Waals surface area contributed by atoms with Crippen LogP contribution in [0.3, 0.4) is 0 Å². The highest BCUT2D eigenvalue weighted by Crippen LogP contribution is 2.36. The number of carbonyl (C=O) groups excluding carboxylic acids is 2. The molecule has 0 aliphatic carbocycles. The molecule has 0 saturated carbocycles. The topological polar surface area (TPSA) is 49.4 Å². The number of fused-ring (bicyclic) bond motifs is 2. The first-order valence-electron chi connectivity index (χ1n) is 7.52. The van der Waals surface area contributed by atoms with Crippen LogP contribution in [0.1, 0.15) is 23.5 Å². The molecule has 2 aliphatic rings. The van der Waals surface area contributed by atoms with Crippen molar-refractivity contribution in [3.8, 4) is 0 Å². The van der Waals surface area contributed by atoms with Gasteiger partial charge in [-0.2, -0.15) is 0 Å². The minimum Gasteiger partial charge on any atom is -0.325 e. The van der Waals surface area contributed by atoms with Gasteiger partial charge in [0.25, 0.3) is 0 Å². The van der Waals surface area contributed by atoms with E-state index in [0.717, 1.165) is 23.4 Å². The van der Waals surface area contributed by atoms with Crippen LogP contribution in [-0.4, -0.2) is 18.4 Å². The van der Waals surface area contributed by atoms with Crippen molar-refractivity contribution < 1.29 is 9.59 Å². The van der Waals surface area contributed by atoms with Crippen molar-refractivity contribution in [2.45, 2.75) is 18.8 Å². The molecule has 0 radical (unpaired) electrons. The van der Waals surface area contributed by atoms with Gasteiger partial charge < -0.3 is 10.2 Å². The van der Waals surface area contributed by atoms with Crippen molar-refractivity contribution in [2.24, 2.45) is 0 Å². The lowest BCUT2D eigenvalue weighted by Gasteiger charge is -2.19. The van der Waals surface area contributed by atoms with Crippen LogP contribution in [0.2, 0.25) is 0 Å². The fourth-order valence-electron chi connectivity index (χ4n) is 3.36. The van der Waals surface area contributed by atoms with Gasteiger partial charge in [-0.25, -0.2) is 0 Å². The van der Waals surface area contributed by atoms with Crippen LogP contribution in [-0.2, 0) is 16.0 Å². The highest BCUT2D eigenvalue weighted by atomic mass is 16.2. The van der Waals surface area contributed by atoms with Gasteiger partial charge in [0.1, 0.15) is 0 Å². The summed E-state index contributed by atoms with van der Waals surface area (Å²) in [5, 5.41) is 2.85. The van der Waals surface area contributed by atoms with E-state index in [1.165, 1.54) is 5.56 Å². The second kappa shape index (κ2) is 4.98. The number of rotatable bonds is 2. The Labute approximate surface area is 128 Å². The molecule has 0 fully saturated rings. The van der Waals surface area contributed by atoms with Gasteiger partial charge >= 0.3 is 0 Å². The minimum absolute atomic E-state index is 0.0156. The molecule has 0 spiro atoms. The maximum atomic E-state index is 12.7. The Morgan fingerprint density at radius 1 is 1.14 bits per heavy atom. The first kappa shape index (κ1) is 13.1. The van der Waals surface area contributed by atoms with E-state index < -0.39 is 0 Å². The largest absolute Gasteiger partial charge is 0.325 e. The Morgan fingerprint density at radius 3 is 2.82 bits per heavy atom. The summed E-state index contributed by atoms with van der Waals surface area (Å²) >= 11 is 0.